The number of rotatable bonds is 8. The molecule has 3 aromatic rings. The number of ether oxygens (including phenoxy) is 2. The summed E-state index contributed by atoms with van der Waals surface area (Å²) in [6, 6.07) is 13.1. The molecule has 0 aliphatic heterocycles. The van der Waals surface area contributed by atoms with Gasteiger partial charge < -0.3 is 19.9 Å². The normalized spacial score (nSPS) is 11.6. The van der Waals surface area contributed by atoms with E-state index >= 15 is 0 Å². The highest BCUT2D eigenvalue weighted by Gasteiger charge is 2.14. The van der Waals surface area contributed by atoms with E-state index < -0.39 is 6.10 Å². The molecule has 0 aliphatic rings. The van der Waals surface area contributed by atoms with Crippen molar-refractivity contribution in [2.24, 2.45) is 7.05 Å². The first-order chi connectivity index (χ1) is 14.3. The number of Topliss-reactive ketones (excluding diaryl/α,β-unsaturated/α-hetero) is 1. The minimum atomic E-state index is -0.457. The molecule has 8 heteroatoms. The van der Waals surface area contributed by atoms with E-state index in [1.807, 2.05) is 0 Å². The Hall–Kier alpha value is -3.65. The van der Waals surface area contributed by atoms with Crippen molar-refractivity contribution in [2.45, 2.75) is 20.0 Å². The third-order valence-electron chi connectivity index (χ3n) is 4.19. The molecule has 8 nitrogen and oxygen atoms in total. The van der Waals surface area contributed by atoms with Gasteiger partial charge in [-0.2, -0.15) is 5.10 Å². The highest BCUT2D eigenvalue weighted by Crippen LogP contribution is 2.29. The summed E-state index contributed by atoms with van der Waals surface area (Å²) in [5.41, 5.74) is 0.880. The predicted molar refractivity (Wildman–Crippen MR) is 111 cm³/mol. The van der Waals surface area contributed by atoms with Gasteiger partial charge in [0.1, 0.15) is 23.4 Å². The molecule has 0 radical (unpaired) electrons. The zero-order valence-electron chi connectivity index (χ0n) is 17.0. The minimum absolute atomic E-state index is 0.0385. The van der Waals surface area contributed by atoms with E-state index in [9.17, 15) is 14.7 Å². The van der Waals surface area contributed by atoms with Crippen molar-refractivity contribution in [2.75, 3.05) is 11.9 Å². The number of nitrogens with one attached hydrogen (secondary N) is 1. The molecule has 0 saturated carbocycles. The average molecular weight is 409 g/mol. The summed E-state index contributed by atoms with van der Waals surface area (Å²) < 4.78 is 13.1. The molecule has 1 aromatic heterocycles. The van der Waals surface area contributed by atoms with Gasteiger partial charge in [-0.3, -0.25) is 14.3 Å². The Morgan fingerprint density at radius 2 is 1.77 bits per heavy atom. The molecule has 0 fully saturated rings. The second kappa shape index (κ2) is 9.23. The highest BCUT2D eigenvalue weighted by molar-refractivity contribution is 6.04. The van der Waals surface area contributed by atoms with Crippen molar-refractivity contribution in [3.05, 3.63) is 65.9 Å². The van der Waals surface area contributed by atoms with Crippen molar-refractivity contribution in [1.29, 1.82) is 0 Å². The summed E-state index contributed by atoms with van der Waals surface area (Å²) in [6.07, 6.45) is 1.26. The van der Waals surface area contributed by atoms with Gasteiger partial charge in [0.25, 0.3) is 5.91 Å². The molecule has 3 rings (SSSR count). The largest absolute Gasteiger partial charge is 0.488 e. The maximum Gasteiger partial charge on any atom is 0.257 e. The topological polar surface area (TPSA) is 103 Å². The molecular weight excluding hydrogens is 386 g/mol. The zero-order chi connectivity index (χ0) is 21.7. The molecule has 2 aromatic carbocycles. The Kier molecular flexibility index (Phi) is 6.48. The molecule has 0 aliphatic carbocycles. The summed E-state index contributed by atoms with van der Waals surface area (Å²) >= 11 is 0. The maximum atomic E-state index is 12.7. The fourth-order valence-electron chi connectivity index (χ4n) is 2.66. The van der Waals surface area contributed by atoms with Crippen LogP contribution in [0.15, 0.2) is 54.7 Å². The van der Waals surface area contributed by atoms with Crippen LogP contribution < -0.4 is 14.8 Å². The predicted octanol–water partition coefficient (Wildman–Crippen LogP) is 3.43. The molecular formula is C22H23N3O5. The monoisotopic (exact) mass is 409 g/mol. The smallest absolute Gasteiger partial charge is 0.257 e. The van der Waals surface area contributed by atoms with E-state index in [0.717, 1.165) is 0 Å². The Morgan fingerprint density at radius 3 is 2.37 bits per heavy atom. The number of aromatic nitrogens is 2. The number of hydrogen-bond donors (Lipinski definition) is 2. The number of carbonyl (C=O) groups excluding carboxylic acids is 2. The van der Waals surface area contributed by atoms with E-state index in [1.165, 1.54) is 6.92 Å². The summed E-state index contributed by atoms with van der Waals surface area (Å²) in [5, 5.41) is 16.1. The van der Waals surface area contributed by atoms with E-state index in [4.69, 9.17) is 9.47 Å². The lowest BCUT2D eigenvalue weighted by atomic mass is 10.1. The van der Waals surface area contributed by atoms with Gasteiger partial charge in [-0.1, -0.05) is 0 Å². The number of benzene rings is 2. The second-order valence-corrected chi connectivity index (χ2v) is 6.82. The number of anilines is 1. The maximum absolute atomic E-state index is 12.7. The van der Waals surface area contributed by atoms with Crippen molar-refractivity contribution in [1.82, 2.24) is 9.78 Å². The Morgan fingerprint density at radius 1 is 1.07 bits per heavy atom. The standard InChI is InChI=1S/C22H23N3O5/c1-14(13-26)29-19-10-17(22(28)23-21-8-9-25(3)24-21)11-20(12-19)30-18-6-4-16(5-7-18)15(2)27/h4-12,14,26H,13H2,1-3H3,(H,23,24,28). The van der Waals surface area contributed by atoms with Gasteiger partial charge in [-0.25, -0.2) is 0 Å². The van der Waals surface area contributed by atoms with Crippen molar-refractivity contribution in [3.63, 3.8) is 0 Å². The summed E-state index contributed by atoms with van der Waals surface area (Å²) in [6.45, 7) is 3.03. The summed E-state index contributed by atoms with van der Waals surface area (Å²) in [5.74, 6) is 1.25. The van der Waals surface area contributed by atoms with Gasteiger partial charge in [-0.05, 0) is 50.2 Å². The number of amides is 1. The van der Waals surface area contributed by atoms with Crippen LogP contribution in [0.4, 0.5) is 5.82 Å². The fourth-order valence-corrected chi connectivity index (χ4v) is 2.66. The molecule has 0 bridgehead atoms. The molecule has 1 atom stereocenters. The van der Waals surface area contributed by atoms with Crippen LogP contribution in [-0.2, 0) is 7.05 Å². The first-order valence-corrected chi connectivity index (χ1v) is 9.36. The number of aryl methyl sites for hydroxylation is 1. The van der Waals surface area contributed by atoms with E-state index in [1.54, 1.807) is 73.4 Å². The average Bonchev–Trinajstić information content (AvgIpc) is 3.12. The van der Waals surface area contributed by atoms with Crippen molar-refractivity contribution < 1.29 is 24.2 Å². The lowest BCUT2D eigenvalue weighted by Crippen LogP contribution is -2.17. The van der Waals surface area contributed by atoms with Crippen LogP contribution in [0.1, 0.15) is 34.6 Å². The van der Waals surface area contributed by atoms with Gasteiger partial charge in [-0.15, -0.1) is 0 Å². The molecule has 2 N–H and O–H groups in total. The van der Waals surface area contributed by atoms with Crippen LogP contribution in [0.25, 0.3) is 0 Å². The molecule has 0 spiro atoms. The molecule has 156 valence electrons. The van der Waals surface area contributed by atoms with Gasteiger partial charge in [0.05, 0.1) is 6.61 Å². The van der Waals surface area contributed by atoms with Crippen LogP contribution >= 0.6 is 0 Å². The Balaban J connectivity index is 1.87. The fraction of sp³-hybridized carbons (Fsp3) is 0.227. The number of nitrogens with zero attached hydrogens (tertiary/aromatic N) is 2. The van der Waals surface area contributed by atoms with E-state index in [0.29, 0.717) is 34.2 Å². The molecule has 1 unspecified atom stereocenters. The zero-order valence-corrected chi connectivity index (χ0v) is 17.0. The van der Waals surface area contributed by atoms with Crippen LogP contribution in [0.5, 0.6) is 17.2 Å². The first kappa shape index (κ1) is 21.1. The summed E-state index contributed by atoms with van der Waals surface area (Å²) in [7, 11) is 1.75. The third-order valence-corrected chi connectivity index (χ3v) is 4.19. The number of carbonyl (C=O) groups is 2. The third kappa shape index (κ3) is 5.45. The van der Waals surface area contributed by atoms with Crippen molar-refractivity contribution in [3.8, 4) is 17.2 Å². The Bertz CT molecular complexity index is 1040. The lowest BCUT2D eigenvalue weighted by Gasteiger charge is -2.15. The minimum Gasteiger partial charge on any atom is -0.488 e. The van der Waals surface area contributed by atoms with Crippen LogP contribution in [0.3, 0.4) is 0 Å². The molecule has 1 amide bonds. The van der Waals surface area contributed by atoms with Gasteiger partial charge >= 0.3 is 0 Å². The van der Waals surface area contributed by atoms with Gasteiger partial charge in [0, 0.05) is 36.5 Å². The van der Waals surface area contributed by atoms with Crippen LogP contribution in [-0.4, -0.2) is 39.3 Å². The number of aliphatic hydroxyl groups is 1. The van der Waals surface area contributed by atoms with Crippen LogP contribution in [0.2, 0.25) is 0 Å². The van der Waals surface area contributed by atoms with Crippen LogP contribution in [0, 0.1) is 0 Å². The number of ketones is 1. The van der Waals surface area contributed by atoms with Gasteiger partial charge in [0.15, 0.2) is 11.6 Å². The van der Waals surface area contributed by atoms with E-state index in [2.05, 4.69) is 10.4 Å². The molecule has 1 heterocycles. The quantitative estimate of drug-likeness (QED) is 0.553. The SMILES string of the molecule is CC(=O)c1ccc(Oc2cc(OC(C)CO)cc(C(=O)Nc3ccn(C)n3)c2)cc1. The molecule has 30 heavy (non-hydrogen) atoms. The molecule has 0 saturated heterocycles. The Labute approximate surface area is 174 Å². The van der Waals surface area contributed by atoms with Gasteiger partial charge in [0.2, 0.25) is 0 Å². The van der Waals surface area contributed by atoms with E-state index in [-0.39, 0.29) is 18.3 Å². The van der Waals surface area contributed by atoms with Crippen molar-refractivity contribution >= 4 is 17.5 Å². The highest BCUT2D eigenvalue weighted by atomic mass is 16.5. The summed E-state index contributed by atoms with van der Waals surface area (Å²) in [4.78, 5) is 24.1. The number of hydrogen-bond acceptors (Lipinski definition) is 6. The lowest BCUT2D eigenvalue weighted by molar-refractivity contribution is 0.101. The number of aliphatic hydroxyl groups excluding tert-OH is 1. The first-order valence-electron chi connectivity index (χ1n) is 9.36. The second-order valence-electron chi connectivity index (χ2n) is 6.82.